The molecule has 0 saturated heterocycles. The molecule has 2 aliphatic rings. The maximum atomic E-state index is 6.41. The van der Waals surface area contributed by atoms with E-state index in [2.05, 4.69) is 29.2 Å². The normalized spacial score (nSPS) is 18.6. The summed E-state index contributed by atoms with van der Waals surface area (Å²) in [5.41, 5.74) is 3.88. The molecule has 0 radical (unpaired) electrons. The molecule has 144 valence electrons. The van der Waals surface area contributed by atoms with Gasteiger partial charge in [-0.3, -0.25) is 4.90 Å². The van der Waals surface area contributed by atoms with Crippen molar-refractivity contribution in [2.24, 2.45) is 7.05 Å². The maximum Gasteiger partial charge on any atom is 0.199 e. The van der Waals surface area contributed by atoms with Gasteiger partial charge in [-0.25, -0.2) is 4.68 Å². The summed E-state index contributed by atoms with van der Waals surface area (Å²) in [6, 6.07) is 17.7. The molecule has 6 heteroatoms. The van der Waals surface area contributed by atoms with Gasteiger partial charge in [-0.15, -0.1) is 0 Å². The molecule has 4 nitrogen and oxygen atoms in total. The molecule has 1 aromatic heterocycles. The SMILES string of the molecule is Cn1c(-c2ccccc2Cl)nn(CN(C2CC2)C2CCc3ccccc32)c1=S. The van der Waals surface area contributed by atoms with Crippen molar-refractivity contribution in [3.63, 3.8) is 0 Å². The van der Waals surface area contributed by atoms with Crippen molar-refractivity contribution in [3.8, 4) is 11.4 Å². The van der Waals surface area contributed by atoms with Gasteiger partial charge in [0.1, 0.15) is 0 Å². The van der Waals surface area contributed by atoms with Gasteiger partial charge in [0.25, 0.3) is 0 Å². The van der Waals surface area contributed by atoms with Gasteiger partial charge in [0.2, 0.25) is 0 Å². The van der Waals surface area contributed by atoms with E-state index in [4.69, 9.17) is 28.9 Å². The minimum atomic E-state index is 0.455. The molecule has 0 amide bonds. The molecule has 0 bridgehead atoms. The fourth-order valence-corrected chi connectivity index (χ4v) is 4.77. The first kappa shape index (κ1) is 18.1. The number of aromatic nitrogens is 3. The lowest BCUT2D eigenvalue weighted by atomic mass is 10.1. The Hall–Kier alpha value is -1.95. The van der Waals surface area contributed by atoms with Crippen LogP contribution in [0.15, 0.2) is 48.5 Å². The van der Waals surface area contributed by atoms with Gasteiger partial charge in [0, 0.05) is 24.7 Å². The number of aryl methyl sites for hydroxylation is 1. The standard InChI is InChI=1S/C22H23ClN4S/c1-25-21(18-8-4-5-9-19(18)23)24-27(22(25)28)14-26(16-11-12-16)20-13-10-15-6-2-3-7-17(15)20/h2-9,16,20H,10-14H2,1H3. The third kappa shape index (κ3) is 3.11. The van der Waals surface area contributed by atoms with Crippen LogP contribution in [0.5, 0.6) is 0 Å². The number of hydrogen-bond donors (Lipinski definition) is 0. The van der Waals surface area contributed by atoms with Crippen LogP contribution in [0.2, 0.25) is 5.02 Å². The number of halogens is 1. The molecule has 1 atom stereocenters. The quantitative estimate of drug-likeness (QED) is 0.528. The predicted octanol–water partition coefficient (Wildman–Crippen LogP) is 5.38. The molecule has 2 aliphatic carbocycles. The van der Waals surface area contributed by atoms with E-state index in [-0.39, 0.29) is 0 Å². The van der Waals surface area contributed by atoms with E-state index < -0.39 is 0 Å². The molecular formula is C22H23ClN4S. The third-order valence-electron chi connectivity index (χ3n) is 5.97. The van der Waals surface area contributed by atoms with Gasteiger partial charge in [-0.2, -0.15) is 5.10 Å². The van der Waals surface area contributed by atoms with Gasteiger partial charge in [-0.1, -0.05) is 48.0 Å². The number of fused-ring (bicyclic) bond motifs is 1. The molecule has 0 N–H and O–H groups in total. The van der Waals surface area contributed by atoms with E-state index in [1.165, 1.54) is 30.4 Å². The van der Waals surface area contributed by atoms with Gasteiger partial charge < -0.3 is 4.57 Å². The molecular weight excluding hydrogens is 388 g/mol. The second kappa shape index (κ2) is 7.14. The first-order valence-electron chi connectivity index (χ1n) is 9.86. The van der Waals surface area contributed by atoms with Crippen LogP contribution >= 0.6 is 23.8 Å². The fraction of sp³-hybridized carbons (Fsp3) is 0.364. The van der Waals surface area contributed by atoms with Crippen LogP contribution in [-0.2, 0) is 20.1 Å². The summed E-state index contributed by atoms with van der Waals surface area (Å²) in [5, 5.41) is 5.56. The topological polar surface area (TPSA) is 26.0 Å². The predicted molar refractivity (Wildman–Crippen MR) is 115 cm³/mol. The first-order chi connectivity index (χ1) is 13.6. The summed E-state index contributed by atoms with van der Waals surface area (Å²) in [7, 11) is 1.97. The van der Waals surface area contributed by atoms with E-state index in [0.717, 1.165) is 29.2 Å². The van der Waals surface area contributed by atoms with Crippen molar-refractivity contribution in [3.05, 3.63) is 69.5 Å². The molecule has 1 unspecified atom stereocenters. The Morgan fingerprint density at radius 1 is 1.11 bits per heavy atom. The smallest absolute Gasteiger partial charge is 0.199 e. The Balaban J connectivity index is 1.49. The van der Waals surface area contributed by atoms with Crippen molar-refractivity contribution < 1.29 is 0 Å². The Morgan fingerprint density at radius 3 is 2.64 bits per heavy atom. The lowest BCUT2D eigenvalue weighted by Gasteiger charge is -2.29. The van der Waals surface area contributed by atoms with E-state index in [1.807, 2.05) is 40.6 Å². The molecule has 0 spiro atoms. The number of hydrogen-bond acceptors (Lipinski definition) is 3. The van der Waals surface area contributed by atoms with Crippen molar-refractivity contribution in [2.75, 3.05) is 0 Å². The van der Waals surface area contributed by atoms with Crippen molar-refractivity contribution in [1.82, 2.24) is 19.2 Å². The highest BCUT2D eigenvalue weighted by atomic mass is 35.5. The zero-order chi connectivity index (χ0) is 19.3. The average Bonchev–Trinajstić information content (AvgIpc) is 3.41. The van der Waals surface area contributed by atoms with E-state index in [0.29, 0.717) is 17.1 Å². The van der Waals surface area contributed by atoms with Crippen LogP contribution < -0.4 is 0 Å². The lowest BCUT2D eigenvalue weighted by molar-refractivity contribution is 0.131. The molecule has 2 aromatic carbocycles. The van der Waals surface area contributed by atoms with Crippen LogP contribution in [0.25, 0.3) is 11.4 Å². The summed E-state index contributed by atoms with van der Waals surface area (Å²) < 4.78 is 4.66. The van der Waals surface area contributed by atoms with E-state index in [9.17, 15) is 0 Å². The highest BCUT2D eigenvalue weighted by molar-refractivity contribution is 7.71. The van der Waals surface area contributed by atoms with Crippen LogP contribution in [0, 0.1) is 4.77 Å². The van der Waals surface area contributed by atoms with Crippen molar-refractivity contribution in [2.45, 2.75) is 44.4 Å². The van der Waals surface area contributed by atoms with Gasteiger partial charge in [0.05, 0.1) is 11.7 Å². The monoisotopic (exact) mass is 410 g/mol. The fourth-order valence-electron chi connectivity index (χ4n) is 4.37. The molecule has 5 rings (SSSR count). The zero-order valence-electron chi connectivity index (χ0n) is 15.9. The summed E-state index contributed by atoms with van der Waals surface area (Å²) >= 11 is 12.1. The highest BCUT2D eigenvalue weighted by Gasteiger charge is 2.37. The van der Waals surface area contributed by atoms with E-state index >= 15 is 0 Å². The summed E-state index contributed by atoms with van der Waals surface area (Å²) in [6.45, 7) is 0.723. The lowest BCUT2D eigenvalue weighted by Crippen LogP contribution is -2.32. The number of rotatable bonds is 5. The molecule has 28 heavy (non-hydrogen) atoms. The Bertz CT molecular complexity index is 1080. The number of benzene rings is 2. The Morgan fingerprint density at radius 2 is 1.86 bits per heavy atom. The maximum absolute atomic E-state index is 6.41. The summed E-state index contributed by atoms with van der Waals surface area (Å²) in [6.07, 6.45) is 4.85. The molecule has 1 saturated carbocycles. The molecule has 3 aromatic rings. The summed E-state index contributed by atoms with van der Waals surface area (Å²) in [5.74, 6) is 0.818. The summed E-state index contributed by atoms with van der Waals surface area (Å²) in [4.78, 5) is 2.60. The Labute approximate surface area is 175 Å². The van der Waals surface area contributed by atoms with Crippen LogP contribution in [0.4, 0.5) is 0 Å². The Kier molecular flexibility index (Phi) is 4.62. The van der Waals surface area contributed by atoms with Crippen LogP contribution in [0.1, 0.15) is 36.4 Å². The van der Waals surface area contributed by atoms with Gasteiger partial charge in [-0.05, 0) is 61.2 Å². The zero-order valence-corrected chi connectivity index (χ0v) is 17.5. The van der Waals surface area contributed by atoms with Crippen LogP contribution in [-0.4, -0.2) is 25.3 Å². The largest absolute Gasteiger partial charge is 0.303 e. The van der Waals surface area contributed by atoms with Crippen molar-refractivity contribution >= 4 is 23.8 Å². The average molecular weight is 411 g/mol. The second-order valence-electron chi connectivity index (χ2n) is 7.78. The minimum absolute atomic E-state index is 0.455. The van der Waals surface area contributed by atoms with Gasteiger partial charge in [0.15, 0.2) is 10.6 Å². The highest BCUT2D eigenvalue weighted by Crippen LogP contribution is 2.42. The first-order valence-corrected chi connectivity index (χ1v) is 10.6. The molecule has 1 heterocycles. The molecule has 0 aliphatic heterocycles. The van der Waals surface area contributed by atoms with Gasteiger partial charge >= 0.3 is 0 Å². The second-order valence-corrected chi connectivity index (χ2v) is 8.56. The minimum Gasteiger partial charge on any atom is -0.303 e. The van der Waals surface area contributed by atoms with E-state index in [1.54, 1.807) is 0 Å². The molecule has 1 fully saturated rings. The van der Waals surface area contributed by atoms with Crippen LogP contribution in [0.3, 0.4) is 0 Å². The number of nitrogens with zero attached hydrogens (tertiary/aromatic N) is 4. The third-order valence-corrected chi connectivity index (χ3v) is 6.78. The van der Waals surface area contributed by atoms with Crippen molar-refractivity contribution in [1.29, 1.82) is 0 Å².